The number of oxazole rings is 1. The van der Waals surface area contributed by atoms with Crippen LogP contribution in [0.3, 0.4) is 0 Å². The van der Waals surface area contributed by atoms with Gasteiger partial charge in [-0.25, -0.2) is 4.98 Å². The Balaban J connectivity index is 1.39. The highest BCUT2D eigenvalue weighted by molar-refractivity contribution is 7.80. The van der Waals surface area contributed by atoms with Crippen molar-refractivity contribution >= 4 is 62.4 Å². The van der Waals surface area contributed by atoms with Crippen molar-refractivity contribution in [2.75, 3.05) is 5.32 Å². The first-order valence-electron chi connectivity index (χ1n) is 11.1. The molecule has 5 nitrogen and oxygen atoms in total. The average molecular weight is 500 g/mol. The maximum absolute atomic E-state index is 13.0. The van der Waals surface area contributed by atoms with E-state index >= 15 is 0 Å². The molecule has 2 N–H and O–H groups in total. The second-order valence-corrected chi connectivity index (χ2v) is 9.27. The predicted octanol–water partition coefficient (Wildman–Crippen LogP) is 7.35. The van der Waals surface area contributed by atoms with E-state index in [0.29, 0.717) is 16.5 Å². The summed E-state index contributed by atoms with van der Waals surface area (Å²) >= 11 is 11.7. The zero-order chi connectivity index (χ0) is 24.7. The number of carbonyl (C=O) groups excluding carboxylic acids is 1. The van der Waals surface area contributed by atoms with Gasteiger partial charge in [0.05, 0.1) is 0 Å². The number of anilines is 1. The molecule has 1 heterocycles. The van der Waals surface area contributed by atoms with Gasteiger partial charge >= 0.3 is 0 Å². The minimum Gasteiger partial charge on any atom is -0.436 e. The third-order valence-corrected chi connectivity index (χ3v) is 6.69. The minimum atomic E-state index is -0.311. The smallest absolute Gasteiger partial charge is 0.258 e. The summed E-state index contributed by atoms with van der Waals surface area (Å²) in [6.45, 7) is 6.07. The lowest BCUT2D eigenvalue weighted by atomic mass is 10.0. The van der Waals surface area contributed by atoms with Crippen LogP contribution in [0, 0.1) is 20.8 Å². The molecule has 0 fully saturated rings. The van der Waals surface area contributed by atoms with Crippen molar-refractivity contribution in [2.45, 2.75) is 20.8 Å². The molecule has 0 saturated heterocycles. The standard InChI is InChI=1S/C28H22ClN3O2S/c1-15-13-24-25(14-16(15)2)34-27(30-24)18-7-6-12-23(17(18)3)31-28(35)32-26(33)21-10-4-9-20-19(21)8-5-11-22(20)29/h4-14H,1-3H3,(H2,31,32,33,35). The van der Waals surface area contributed by atoms with Crippen LogP contribution < -0.4 is 10.6 Å². The van der Waals surface area contributed by atoms with E-state index in [0.717, 1.165) is 44.2 Å². The molecule has 5 aromatic rings. The van der Waals surface area contributed by atoms with E-state index in [1.807, 2.05) is 55.5 Å². The minimum absolute atomic E-state index is 0.193. The molecule has 35 heavy (non-hydrogen) atoms. The van der Waals surface area contributed by atoms with Crippen molar-refractivity contribution in [2.24, 2.45) is 0 Å². The molecule has 1 amide bonds. The fourth-order valence-electron chi connectivity index (χ4n) is 4.09. The van der Waals surface area contributed by atoms with Crippen molar-refractivity contribution in [3.63, 3.8) is 0 Å². The van der Waals surface area contributed by atoms with Crippen LogP contribution in [0.15, 0.2) is 71.1 Å². The van der Waals surface area contributed by atoms with Gasteiger partial charge in [-0.3, -0.25) is 10.1 Å². The molecule has 1 aromatic heterocycles. The summed E-state index contributed by atoms with van der Waals surface area (Å²) in [6.07, 6.45) is 0. The summed E-state index contributed by atoms with van der Waals surface area (Å²) in [4.78, 5) is 17.7. The van der Waals surface area contributed by atoms with Crippen molar-refractivity contribution in [3.05, 3.63) is 94.0 Å². The van der Waals surface area contributed by atoms with Crippen LogP contribution in [0.1, 0.15) is 27.0 Å². The van der Waals surface area contributed by atoms with Crippen LogP contribution in [-0.2, 0) is 0 Å². The van der Waals surface area contributed by atoms with Gasteiger partial charge in [0.25, 0.3) is 5.91 Å². The Morgan fingerprint density at radius 1 is 0.943 bits per heavy atom. The van der Waals surface area contributed by atoms with E-state index in [4.69, 9.17) is 28.2 Å². The number of aryl methyl sites for hydroxylation is 2. The number of nitrogens with one attached hydrogen (secondary N) is 2. The number of nitrogens with zero attached hydrogens (tertiary/aromatic N) is 1. The van der Waals surface area contributed by atoms with Gasteiger partial charge in [0.15, 0.2) is 10.7 Å². The summed E-state index contributed by atoms with van der Waals surface area (Å²) in [5.74, 6) is 0.225. The Morgan fingerprint density at radius 2 is 1.66 bits per heavy atom. The maximum atomic E-state index is 13.0. The van der Waals surface area contributed by atoms with Crippen molar-refractivity contribution in [3.8, 4) is 11.5 Å². The number of halogens is 1. The lowest BCUT2D eigenvalue weighted by molar-refractivity contribution is 0.0979. The topological polar surface area (TPSA) is 67.2 Å². The highest BCUT2D eigenvalue weighted by Gasteiger charge is 2.16. The molecule has 0 atom stereocenters. The molecule has 0 unspecified atom stereocenters. The van der Waals surface area contributed by atoms with Crippen LogP contribution >= 0.6 is 23.8 Å². The predicted molar refractivity (Wildman–Crippen MR) is 146 cm³/mol. The number of hydrogen-bond acceptors (Lipinski definition) is 4. The third kappa shape index (κ3) is 4.38. The van der Waals surface area contributed by atoms with Gasteiger partial charge < -0.3 is 9.73 Å². The Morgan fingerprint density at radius 3 is 2.49 bits per heavy atom. The Bertz CT molecular complexity index is 1600. The van der Waals surface area contributed by atoms with Crippen LogP contribution in [0.2, 0.25) is 5.02 Å². The van der Waals surface area contributed by atoms with Crippen molar-refractivity contribution < 1.29 is 9.21 Å². The quantitative estimate of drug-likeness (QED) is 0.254. The second-order valence-electron chi connectivity index (χ2n) is 8.45. The van der Waals surface area contributed by atoms with Crippen molar-refractivity contribution in [1.82, 2.24) is 10.3 Å². The Labute approximate surface area is 213 Å². The third-order valence-electron chi connectivity index (χ3n) is 6.16. The van der Waals surface area contributed by atoms with Crippen LogP contribution in [0.5, 0.6) is 0 Å². The number of benzene rings is 4. The molecule has 0 aliphatic heterocycles. The zero-order valence-corrected chi connectivity index (χ0v) is 21.0. The first-order valence-corrected chi connectivity index (χ1v) is 11.9. The second kappa shape index (κ2) is 9.13. The highest BCUT2D eigenvalue weighted by Crippen LogP contribution is 2.31. The number of carbonyl (C=O) groups is 1. The Hall–Kier alpha value is -3.74. The molecular formula is C28H22ClN3O2S. The lowest BCUT2D eigenvalue weighted by Gasteiger charge is -2.14. The fourth-order valence-corrected chi connectivity index (χ4v) is 4.53. The number of aromatic nitrogens is 1. The monoisotopic (exact) mass is 499 g/mol. The van der Waals surface area contributed by atoms with Gasteiger partial charge in [-0.2, -0.15) is 0 Å². The highest BCUT2D eigenvalue weighted by atomic mass is 35.5. The summed E-state index contributed by atoms with van der Waals surface area (Å²) in [5.41, 5.74) is 6.89. The molecular weight excluding hydrogens is 478 g/mol. The summed E-state index contributed by atoms with van der Waals surface area (Å²) in [5, 5.41) is 8.27. The van der Waals surface area contributed by atoms with E-state index in [2.05, 4.69) is 29.5 Å². The van der Waals surface area contributed by atoms with Gasteiger partial charge in [-0.05, 0) is 91.5 Å². The van der Waals surface area contributed by atoms with E-state index in [9.17, 15) is 4.79 Å². The molecule has 0 aliphatic carbocycles. The number of amides is 1. The summed E-state index contributed by atoms with van der Waals surface area (Å²) in [6, 6.07) is 20.7. The number of fused-ring (bicyclic) bond motifs is 2. The molecule has 174 valence electrons. The largest absolute Gasteiger partial charge is 0.436 e. The molecule has 4 aromatic carbocycles. The molecule has 0 bridgehead atoms. The molecule has 0 spiro atoms. The SMILES string of the molecule is Cc1cc2nc(-c3cccc(NC(=S)NC(=O)c4cccc5c(Cl)cccc45)c3C)oc2cc1C. The average Bonchev–Trinajstić information content (AvgIpc) is 3.23. The van der Waals surface area contributed by atoms with Crippen molar-refractivity contribution in [1.29, 1.82) is 0 Å². The normalized spacial score (nSPS) is 11.1. The molecule has 5 rings (SSSR count). The summed E-state index contributed by atoms with van der Waals surface area (Å²) < 4.78 is 6.05. The number of thiocarbonyl (C=S) groups is 1. The van der Waals surface area contributed by atoms with Crippen LogP contribution in [-0.4, -0.2) is 16.0 Å². The summed E-state index contributed by atoms with van der Waals surface area (Å²) in [7, 11) is 0. The molecule has 0 aliphatic rings. The fraction of sp³-hybridized carbons (Fsp3) is 0.107. The van der Waals surface area contributed by atoms with Gasteiger partial charge in [-0.1, -0.05) is 41.9 Å². The Kier molecular flexibility index (Phi) is 6.01. The maximum Gasteiger partial charge on any atom is 0.258 e. The molecule has 0 saturated carbocycles. The van der Waals surface area contributed by atoms with Gasteiger partial charge in [0.2, 0.25) is 5.89 Å². The number of rotatable bonds is 3. The van der Waals surface area contributed by atoms with Gasteiger partial charge in [0.1, 0.15) is 5.52 Å². The first kappa shape index (κ1) is 23.0. The van der Waals surface area contributed by atoms with Gasteiger partial charge in [0, 0.05) is 27.2 Å². The number of hydrogen-bond donors (Lipinski definition) is 2. The molecule has 7 heteroatoms. The zero-order valence-electron chi connectivity index (χ0n) is 19.4. The van der Waals surface area contributed by atoms with E-state index in [-0.39, 0.29) is 11.0 Å². The first-order chi connectivity index (χ1) is 16.8. The lowest BCUT2D eigenvalue weighted by Crippen LogP contribution is -2.34. The van der Waals surface area contributed by atoms with E-state index < -0.39 is 0 Å². The van der Waals surface area contributed by atoms with Crippen LogP contribution in [0.25, 0.3) is 33.3 Å². The molecule has 0 radical (unpaired) electrons. The van der Waals surface area contributed by atoms with E-state index in [1.165, 1.54) is 5.56 Å². The van der Waals surface area contributed by atoms with Gasteiger partial charge in [-0.15, -0.1) is 0 Å². The van der Waals surface area contributed by atoms with Crippen LogP contribution in [0.4, 0.5) is 5.69 Å². The van der Waals surface area contributed by atoms with E-state index in [1.54, 1.807) is 18.2 Å².